The van der Waals surface area contributed by atoms with Gasteiger partial charge in [0.25, 0.3) is 0 Å². The second kappa shape index (κ2) is 7.92. The number of aromatic nitrogens is 3. The molecule has 3 fully saturated rings. The number of rotatable bonds is 3. The van der Waals surface area contributed by atoms with E-state index in [4.69, 9.17) is 9.98 Å². The lowest BCUT2D eigenvalue weighted by Crippen LogP contribution is -2.43. The quantitative estimate of drug-likeness (QED) is 0.760. The largest absolute Gasteiger partial charge is 0.368 e. The second-order valence-corrected chi connectivity index (χ2v) is 9.44. The van der Waals surface area contributed by atoms with Crippen LogP contribution in [0.3, 0.4) is 0 Å². The average molecular weight is 432 g/mol. The summed E-state index contributed by atoms with van der Waals surface area (Å²) >= 11 is 0. The van der Waals surface area contributed by atoms with Crippen molar-refractivity contribution >= 4 is 28.8 Å². The minimum Gasteiger partial charge on any atom is -0.368 e. The van der Waals surface area contributed by atoms with E-state index in [-0.39, 0.29) is 17.2 Å². The van der Waals surface area contributed by atoms with E-state index in [0.29, 0.717) is 18.2 Å². The van der Waals surface area contributed by atoms with E-state index in [2.05, 4.69) is 31.6 Å². The highest BCUT2D eigenvalue weighted by Crippen LogP contribution is 2.51. The maximum Gasteiger partial charge on any atom is 0.229 e. The molecule has 8 heteroatoms. The molecule has 0 radical (unpaired) electrons. The second-order valence-electron chi connectivity index (χ2n) is 9.44. The number of nitrogens with zero attached hydrogens (tertiary/aromatic N) is 5. The summed E-state index contributed by atoms with van der Waals surface area (Å²) in [5.74, 6) is 1.46. The number of ketones is 1. The fourth-order valence-corrected chi connectivity index (χ4v) is 5.90. The van der Waals surface area contributed by atoms with Crippen molar-refractivity contribution in [3.05, 3.63) is 35.2 Å². The Labute approximate surface area is 187 Å². The maximum atomic E-state index is 12.7. The molecule has 2 aliphatic carbocycles. The van der Waals surface area contributed by atoms with Crippen molar-refractivity contribution in [2.75, 3.05) is 36.4 Å². The molecule has 2 N–H and O–H groups in total. The van der Waals surface area contributed by atoms with Crippen LogP contribution in [0, 0.1) is 5.41 Å². The molecule has 8 nitrogen and oxygen atoms in total. The van der Waals surface area contributed by atoms with Gasteiger partial charge in [-0.05, 0) is 42.4 Å². The lowest BCUT2D eigenvalue weighted by Gasteiger charge is -2.43. The van der Waals surface area contributed by atoms with Crippen LogP contribution in [-0.4, -0.2) is 53.0 Å². The highest BCUT2D eigenvalue weighted by Gasteiger charge is 2.47. The van der Waals surface area contributed by atoms with Crippen molar-refractivity contribution in [1.82, 2.24) is 20.3 Å². The summed E-state index contributed by atoms with van der Waals surface area (Å²) in [4.78, 5) is 33.7. The number of nitrogens with one attached hydrogen (secondary N) is 2. The van der Waals surface area contributed by atoms with Gasteiger partial charge in [-0.1, -0.05) is 19.3 Å². The van der Waals surface area contributed by atoms with E-state index in [9.17, 15) is 4.79 Å². The van der Waals surface area contributed by atoms with Crippen LogP contribution in [0.2, 0.25) is 0 Å². The Morgan fingerprint density at radius 1 is 1.03 bits per heavy atom. The molecule has 0 amide bonds. The molecule has 1 unspecified atom stereocenters. The number of carbonyl (C=O) groups is 1. The lowest BCUT2D eigenvalue weighted by molar-refractivity contribution is -0.120. The predicted octanol–water partition coefficient (Wildman–Crippen LogP) is 1.49. The van der Waals surface area contributed by atoms with Crippen molar-refractivity contribution in [2.45, 2.75) is 51.0 Å². The third-order valence-electron chi connectivity index (χ3n) is 7.57. The summed E-state index contributed by atoms with van der Waals surface area (Å²) in [6.07, 6.45) is 11.2. The number of carbonyl (C=O) groups excluding carboxylic acids is 1. The summed E-state index contributed by atoms with van der Waals surface area (Å²) in [6.45, 7) is 3.98. The minimum atomic E-state index is -0.349. The first-order chi connectivity index (χ1) is 15.7. The third kappa shape index (κ3) is 3.37. The molecule has 2 aromatic rings. The molecule has 1 saturated heterocycles. The Hall–Kier alpha value is -2.87. The van der Waals surface area contributed by atoms with Crippen LogP contribution in [0.5, 0.6) is 0 Å². The standard InChI is InChI=1S/C24H29N7O/c32-18-6-9-24(7-2-1-3-8-24)20-21-17(28-22(18)20)15-27-23(30-21)29-19-5-4-16(14-26-19)31-12-10-25-11-13-31/h4-5,14-15,22,25H,1-3,6-13H2,(H,26,29,30). The van der Waals surface area contributed by atoms with Gasteiger partial charge in [0.2, 0.25) is 5.95 Å². The molecule has 2 saturated carbocycles. The van der Waals surface area contributed by atoms with Gasteiger partial charge in [0.05, 0.1) is 23.4 Å². The van der Waals surface area contributed by atoms with Gasteiger partial charge >= 0.3 is 0 Å². The van der Waals surface area contributed by atoms with Gasteiger partial charge in [-0.15, -0.1) is 0 Å². The van der Waals surface area contributed by atoms with E-state index < -0.39 is 0 Å². The van der Waals surface area contributed by atoms with E-state index in [1.807, 2.05) is 12.3 Å². The first kappa shape index (κ1) is 19.8. The smallest absolute Gasteiger partial charge is 0.229 e. The van der Waals surface area contributed by atoms with Crippen molar-refractivity contribution in [3.63, 3.8) is 0 Å². The van der Waals surface area contributed by atoms with Gasteiger partial charge in [-0.3, -0.25) is 9.79 Å². The first-order valence-corrected chi connectivity index (χ1v) is 11.9. The number of hydrogen-bond acceptors (Lipinski definition) is 8. The summed E-state index contributed by atoms with van der Waals surface area (Å²) in [5.41, 5.74) is 2.38. The molecular formula is C24H29N7O. The van der Waals surface area contributed by atoms with Crippen molar-refractivity contribution in [1.29, 1.82) is 0 Å². The summed E-state index contributed by atoms with van der Waals surface area (Å²) in [5, 5.41) is 8.27. The zero-order chi connectivity index (χ0) is 21.5. The average Bonchev–Trinajstić information content (AvgIpc) is 3.24. The zero-order valence-electron chi connectivity index (χ0n) is 18.3. The molecule has 6 rings (SSSR count). The monoisotopic (exact) mass is 431 g/mol. The van der Waals surface area contributed by atoms with Crippen LogP contribution in [0.1, 0.15) is 44.9 Å². The fraction of sp³-hybridized carbons (Fsp3) is 0.542. The Balaban J connectivity index is 1.32. The van der Waals surface area contributed by atoms with E-state index in [1.165, 1.54) is 19.3 Å². The van der Waals surface area contributed by atoms with Crippen molar-refractivity contribution in [3.8, 4) is 0 Å². The molecular weight excluding hydrogens is 402 g/mol. The van der Waals surface area contributed by atoms with Crippen molar-refractivity contribution < 1.29 is 4.79 Å². The van der Waals surface area contributed by atoms with Crippen LogP contribution in [0.4, 0.5) is 17.5 Å². The Morgan fingerprint density at radius 2 is 1.88 bits per heavy atom. The molecule has 4 aliphatic rings. The zero-order valence-corrected chi connectivity index (χ0v) is 18.3. The molecule has 1 spiro atoms. The van der Waals surface area contributed by atoms with Gasteiger partial charge < -0.3 is 15.5 Å². The molecule has 32 heavy (non-hydrogen) atoms. The van der Waals surface area contributed by atoms with Crippen LogP contribution in [0.15, 0.2) is 29.5 Å². The van der Waals surface area contributed by atoms with E-state index in [0.717, 1.165) is 67.4 Å². The van der Waals surface area contributed by atoms with Crippen LogP contribution in [0.25, 0.3) is 5.57 Å². The maximum absolute atomic E-state index is 12.7. The van der Waals surface area contributed by atoms with Gasteiger partial charge in [0.15, 0.2) is 5.78 Å². The van der Waals surface area contributed by atoms with Gasteiger partial charge in [-0.2, -0.15) is 0 Å². The number of anilines is 3. The molecule has 0 aromatic carbocycles. The fourth-order valence-electron chi connectivity index (χ4n) is 5.90. The molecule has 1 atom stereocenters. The van der Waals surface area contributed by atoms with Gasteiger partial charge in [-0.25, -0.2) is 15.0 Å². The van der Waals surface area contributed by atoms with Crippen LogP contribution in [-0.2, 0) is 4.79 Å². The number of hydrogen-bond donors (Lipinski definition) is 2. The van der Waals surface area contributed by atoms with Crippen LogP contribution < -0.4 is 26.2 Å². The topological polar surface area (TPSA) is 95.4 Å². The van der Waals surface area contributed by atoms with E-state index in [1.54, 1.807) is 6.20 Å². The molecule has 0 bridgehead atoms. The molecule has 2 aliphatic heterocycles. The number of piperazine rings is 1. The highest BCUT2D eigenvalue weighted by molar-refractivity contribution is 5.97. The van der Waals surface area contributed by atoms with Gasteiger partial charge in [0.1, 0.15) is 17.2 Å². The van der Waals surface area contributed by atoms with E-state index >= 15 is 0 Å². The number of Topliss-reactive ketones (excluding diaryl/α,β-unsaturated/α-hetero) is 1. The van der Waals surface area contributed by atoms with Crippen LogP contribution >= 0.6 is 0 Å². The summed E-state index contributed by atoms with van der Waals surface area (Å²) in [7, 11) is 0. The third-order valence-corrected chi connectivity index (χ3v) is 7.57. The highest BCUT2D eigenvalue weighted by atomic mass is 16.1. The molecule has 166 valence electrons. The summed E-state index contributed by atoms with van der Waals surface area (Å²) < 4.78 is 0. The van der Waals surface area contributed by atoms with Crippen molar-refractivity contribution in [2.24, 2.45) is 10.4 Å². The van der Waals surface area contributed by atoms with Gasteiger partial charge in [0, 0.05) is 32.6 Å². The molecule has 2 aromatic heterocycles. The predicted molar refractivity (Wildman–Crippen MR) is 122 cm³/mol. The minimum absolute atomic E-state index is 0.0837. The Bertz CT molecular complexity index is 1150. The lowest BCUT2D eigenvalue weighted by atomic mass is 9.61. The normalized spacial score (nSPS) is 24.1. The number of fused-ring (bicyclic) bond motifs is 3. The number of pyridine rings is 1. The Morgan fingerprint density at radius 3 is 2.66 bits per heavy atom. The molecule has 4 heterocycles. The summed E-state index contributed by atoms with van der Waals surface area (Å²) in [6, 6.07) is 3.71. The Kier molecular flexibility index (Phi) is 4.90. The first-order valence-electron chi connectivity index (χ1n) is 11.9. The SMILES string of the molecule is O=C1CCC2(CCCCC2)C2=c3nc(Nc4ccc(N5CCNCC5)cn4)ncc3=NC12.